The number of anilines is 1. The summed E-state index contributed by atoms with van der Waals surface area (Å²) in [5.41, 5.74) is 0.716. The van der Waals surface area contributed by atoms with E-state index in [4.69, 9.17) is 11.6 Å². The Kier molecular flexibility index (Phi) is 3.91. The Morgan fingerprint density at radius 2 is 2.32 bits per heavy atom. The molecule has 0 aromatic carbocycles. The molecule has 0 aliphatic carbocycles. The molecule has 0 spiro atoms. The summed E-state index contributed by atoms with van der Waals surface area (Å²) in [6, 6.07) is 0. The Labute approximate surface area is 113 Å². The number of aromatic nitrogens is 4. The molecular weight excluding hydrogens is 272 g/mol. The van der Waals surface area contributed by atoms with E-state index in [1.54, 1.807) is 10.9 Å². The van der Waals surface area contributed by atoms with Crippen molar-refractivity contribution < 1.29 is 4.92 Å². The molecule has 0 bridgehead atoms. The molecule has 0 aliphatic heterocycles. The van der Waals surface area contributed by atoms with Gasteiger partial charge in [-0.25, -0.2) is 9.97 Å². The number of nitrogens with one attached hydrogen (secondary N) is 1. The largest absolute Gasteiger partial charge is 0.364 e. The van der Waals surface area contributed by atoms with Crippen LogP contribution in [0, 0.1) is 10.1 Å². The highest BCUT2D eigenvalue weighted by Crippen LogP contribution is 2.27. The zero-order valence-electron chi connectivity index (χ0n) is 10.1. The molecule has 0 atom stereocenters. The Morgan fingerprint density at radius 3 is 2.95 bits per heavy atom. The monoisotopic (exact) mass is 282 g/mol. The van der Waals surface area contributed by atoms with Crippen LogP contribution in [0.1, 0.15) is 5.56 Å². The topological polar surface area (TPSA) is 98.8 Å². The van der Waals surface area contributed by atoms with Gasteiger partial charge in [0.25, 0.3) is 0 Å². The molecule has 9 heteroatoms. The van der Waals surface area contributed by atoms with Gasteiger partial charge in [-0.3, -0.25) is 14.8 Å². The van der Waals surface area contributed by atoms with Crippen molar-refractivity contribution in [2.75, 3.05) is 11.9 Å². The summed E-state index contributed by atoms with van der Waals surface area (Å²) in [5, 5.41) is 17.6. The second-order valence-corrected chi connectivity index (χ2v) is 4.18. The highest BCUT2D eigenvalue weighted by molar-refractivity contribution is 6.31. The van der Waals surface area contributed by atoms with E-state index in [2.05, 4.69) is 20.4 Å². The summed E-state index contributed by atoms with van der Waals surface area (Å²) in [4.78, 5) is 17.7. The number of hydrogen-bond donors (Lipinski definition) is 1. The van der Waals surface area contributed by atoms with Crippen LogP contribution >= 0.6 is 11.6 Å². The number of rotatable bonds is 5. The molecule has 0 aliphatic rings. The first kappa shape index (κ1) is 13.2. The second kappa shape index (κ2) is 5.61. The summed E-state index contributed by atoms with van der Waals surface area (Å²) < 4.78 is 1.69. The molecule has 0 saturated carbocycles. The lowest BCUT2D eigenvalue weighted by atomic mass is 10.2. The molecule has 2 rings (SSSR count). The Hall–Kier alpha value is -2.22. The van der Waals surface area contributed by atoms with Gasteiger partial charge in [0.1, 0.15) is 6.33 Å². The SMILES string of the molecule is Cn1cc(CCNc2ncnc(Cl)c2[N+](=O)[O-])cn1. The molecule has 0 radical (unpaired) electrons. The zero-order chi connectivity index (χ0) is 13.8. The second-order valence-electron chi connectivity index (χ2n) is 3.82. The minimum Gasteiger partial charge on any atom is -0.364 e. The van der Waals surface area contributed by atoms with E-state index in [0.717, 1.165) is 5.56 Å². The minimum absolute atomic E-state index is 0.119. The normalized spacial score (nSPS) is 10.4. The van der Waals surface area contributed by atoms with Crippen LogP contribution in [0.4, 0.5) is 11.5 Å². The zero-order valence-corrected chi connectivity index (χ0v) is 10.8. The maximum atomic E-state index is 10.9. The third kappa shape index (κ3) is 3.16. The van der Waals surface area contributed by atoms with Crippen LogP contribution < -0.4 is 5.32 Å². The lowest BCUT2D eigenvalue weighted by Gasteiger charge is -2.05. The van der Waals surface area contributed by atoms with Crippen LogP contribution in [-0.2, 0) is 13.5 Å². The van der Waals surface area contributed by atoms with Gasteiger partial charge in [-0.15, -0.1) is 0 Å². The third-order valence-corrected chi connectivity index (χ3v) is 2.70. The third-order valence-electron chi connectivity index (χ3n) is 2.42. The molecule has 8 nitrogen and oxygen atoms in total. The van der Waals surface area contributed by atoms with Crippen molar-refractivity contribution in [2.24, 2.45) is 7.05 Å². The Morgan fingerprint density at radius 1 is 1.53 bits per heavy atom. The molecule has 1 N–H and O–H groups in total. The first-order valence-electron chi connectivity index (χ1n) is 5.44. The number of nitrogens with zero attached hydrogens (tertiary/aromatic N) is 5. The van der Waals surface area contributed by atoms with E-state index < -0.39 is 4.92 Å². The van der Waals surface area contributed by atoms with Crippen LogP contribution in [0.2, 0.25) is 5.15 Å². The van der Waals surface area contributed by atoms with Crippen molar-refractivity contribution in [3.05, 3.63) is 39.6 Å². The van der Waals surface area contributed by atoms with Crippen LogP contribution in [-0.4, -0.2) is 31.2 Å². The van der Waals surface area contributed by atoms with E-state index in [0.29, 0.717) is 13.0 Å². The standard InChI is InChI=1S/C10H11ClN6O2/c1-16-5-7(4-15-16)2-3-12-10-8(17(18)19)9(11)13-6-14-10/h4-6H,2-3H2,1H3,(H,12,13,14). The van der Waals surface area contributed by atoms with Gasteiger partial charge in [0, 0.05) is 19.8 Å². The average Bonchev–Trinajstić information content (AvgIpc) is 2.74. The predicted octanol–water partition coefficient (Wildman–Crippen LogP) is 1.43. The molecule has 2 aromatic rings. The van der Waals surface area contributed by atoms with Gasteiger partial charge in [0.15, 0.2) is 0 Å². The summed E-state index contributed by atoms with van der Waals surface area (Å²) in [5.74, 6) is 0.119. The summed E-state index contributed by atoms with van der Waals surface area (Å²) in [6.45, 7) is 0.486. The van der Waals surface area contributed by atoms with Gasteiger partial charge in [0.05, 0.1) is 11.1 Å². The lowest BCUT2D eigenvalue weighted by molar-refractivity contribution is -0.384. The fraction of sp³-hybridized carbons (Fsp3) is 0.300. The van der Waals surface area contributed by atoms with Crippen LogP contribution in [0.25, 0.3) is 0 Å². The van der Waals surface area contributed by atoms with Crippen molar-refractivity contribution in [3.8, 4) is 0 Å². The fourth-order valence-corrected chi connectivity index (χ4v) is 1.78. The average molecular weight is 283 g/mol. The quantitative estimate of drug-likeness (QED) is 0.506. The van der Waals surface area contributed by atoms with Gasteiger partial charge >= 0.3 is 5.69 Å². The van der Waals surface area contributed by atoms with E-state index >= 15 is 0 Å². The molecular formula is C10H11ClN6O2. The van der Waals surface area contributed by atoms with Crippen molar-refractivity contribution in [1.29, 1.82) is 0 Å². The minimum atomic E-state index is -0.602. The van der Waals surface area contributed by atoms with Gasteiger partial charge in [-0.1, -0.05) is 11.6 Å². The Bertz CT molecular complexity index is 599. The summed E-state index contributed by atoms with van der Waals surface area (Å²) >= 11 is 5.68. The molecule has 0 saturated heterocycles. The van der Waals surface area contributed by atoms with Gasteiger partial charge in [0.2, 0.25) is 11.0 Å². The van der Waals surface area contributed by atoms with Crippen LogP contribution in [0.15, 0.2) is 18.7 Å². The number of aryl methyl sites for hydroxylation is 1. The predicted molar refractivity (Wildman–Crippen MR) is 69.1 cm³/mol. The Balaban J connectivity index is 2.03. The number of nitro groups is 1. The van der Waals surface area contributed by atoms with Crippen molar-refractivity contribution in [3.63, 3.8) is 0 Å². The smallest absolute Gasteiger partial charge is 0.348 e. The molecule has 2 heterocycles. The van der Waals surface area contributed by atoms with Crippen LogP contribution in [0.5, 0.6) is 0 Å². The summed E-state index contributed by atoms with van der Waals surface area (Å²) in [6.07, 6.45) is 5.47. The van der Waals surface area contributed by atoms with E-state index in [1.165, 1.54) is 6.33 Å². The molecule has 100 valence electrons. The molecule has 0 fully saturated rings. The van der Waals surface area contributed by atoms with Crippen molar-refractivity contribution in [1.82, 2.24) is 19.7 Å². The molecule has 0 amide bonds. The molecule has 2 aromatic heterocycles. The first-order valence-corrected chi connectivity index (χ1v) is 5.82. The van der Waals surface area contributed by atoms with E-state index in [9.17, 15) is 10.1 Å². The van der Waals surface area contributed by atoms with Gasteiger partial charge in [-0.05, 0) is 12.0 Å². The number of halogens is 1. The summed E-state index contributed by atoms with van der Waals surface area (Å²) in [7, 11) is 1.83. The van der Waals surface area contributed by atoms with Crippen molar-refractivity contribution >= 4 is 23.1 Å². The maximum Gasteiger partial charge on any atom is 0.348 e. The van der Waals surface area contributed by atoms with E-state index in [-0.39, 0.29) is 16.7 Å². The van der Waals surface area contributed by atoms with Gasteiger partial charge < -0.3 is 5.32 Å². The van der Waals surface area contributed by atoms with E-state index in [1.807, 2.05) is 13.2 Å². The molecule has 0 unspecified atom stereocenters. The molecule has 19 heavy (non-hydrogen) atoms. The lowest BCUT2D eigenvalue weighted by Crippen LogP contribution is -2.09. The van der Waals surface area contributed by atoms with Gasteiger partial charge in [-0.2, -0.15) is 5.10 Å². The first-order chi connectivity index (χ1) is 9.08. The highest BCUT2D eigenvalue weighted by atomic mass is 35.5. The highest BCUT2D eigenvalue weighted by Gasteiger charge is 2.20. The van der Waals surface area contributed by atoms with Crippen molar-refractivity contribution in [2.45, 2.75) is 6.42 Å². The number of hydrogen-bond acceptors (Lipinski definition) is 6. The van der Waals surface area contributed by atoms with Crippen LogP contribution in [0.3, 0.4) is 0 Å². The maximum absolute atomic E-state index is 10.9. The fourth-order valence-electron chi connectivity index (χ4n) is 1.57.